The molecule has 1 amide bonds. The van der Waals surface area contributed by atoms with Crippen LogP contribution >= 0.6 is 11.6 Å². The van der Waals surface area contributed by atoms with Gasteiger partial charge in [0.2, 0.25) is 0 Å². The number of amides is 1. The fraction of sp³-hybridized carbons (Fsp3) is 0.381. The number of nitrogens with one attached hydrogen (secondary N) is 1. The molecule has 0 aliphatic carbocycles. The SMILES string of the molecule is CC(O)(COc1ccccc1NC(=O)O)CN1CCC(Oc2ccc(Cl)cc2)C1. The Balaban J connectivity index is 1.50. The van der Waals surface area contributed by atoms with Gasteiger partial charge in [-0.05, 0) is 49.7 Å². The first-order valence-electron chi connectivity index (χ1n) is 9.39. The lowest BCUT2D eigenvalue weighted by atomic mass is 10.1. The van der Waals surface area contributed by atoms with Crippen molar-refractivity contribution in [3.05, 3.63) is 53.6 Å². The Labute approximate surface area is 174 Å². The monoisotopic (exact) mass is 420 g/mol. The van der Waals surface area contributed by atoms with E-state index in [-0.39, 0.29) is 12.7 Å². The summed E-state index contributed by atoms with van der Waals surface area (Å²) >= 11 is 5.90. The van der Waals surface area contributed by atoms with E-state index in [4.69, 9.17) is 26.2 Å². The van der Waals surface area contributed by atoms with E-state index in [1.54, 1.807) is 43.3 Å². The minimum Gasteiger partial charge on any atom is -0.489 e. The molecule has 1 aliphatic rings. The fourth-order valence-electron chi connectivity index (χ4n) is 3.31. The van der Waals surface area contributed by atoms with Crippen LogP contribution < -0.4 is 14.8 Å². The van der Waals surface area contributed by atoms with E-state index in [2.05, 4.69) is 10.2 Å². The Kier molecular flexibility index (Phi) is 6.84. The van der Waals surface area contributed by atoms with Crippen molar-refractivity contribution < 1.29 is 24.5 Å². The van der Waals surface area contributed by atoms with Crippen molar-refractivity contribution in [1.29, 1.82) is 0 Å². The van der Waals surface area contributed by atoms with E-state index in [9.17, 15) is 9.90 Å². The predicted octanol–water partition coefficient (Wildman–Crippen LogP) is 3.71. The van der Waals surface area contributed by atoms with Crippen LogP contribution in [-0.4, -0.2) is 59.2 Å². The Morgan fingerprint density at radius 3 is 2.72 bits per heavy atom. The van der Waals surface area contributed by atoms with E-state index < -0.39 is 11.7 Å². The maximum atomic E-state index is 10.9. The van der Waals surface area contributed by atoms with Gasteiger partial charge in [-0.2, -0.15) is 0 Å². The highest BCUT2D eigenvalue weighted by atomic mass is 35.5. The van der Waals surface area contributed by atoms with Crippen molar-refractivity contribution in [2.75, 3.05) is 31.6 Å². The highest BCUT2D eigenvalue weighted by Crippen LogP contribution is 2.26. The molecule has 0 radical (unpaired) electrons. The van der Waals surface area contributed by atoms with E-state index in [1.165, 1.54) is 0 Å². The van der Waals surface area contributed by atoms with Gasteiger partial charge in [0.15, 0.2) is 0 Å². The Morgan fingerprint density at radius 1 is 1.28 bits per heavy atom. The highest BCUT2D eigenvalue weighted by molar-refractivity contribution is 6.30. The smallest absolute Gasteiger partial charge is 0.409 e. The van der Waals surface area contributed by atoms with Crippen LogP contribution in [0.3, 0.4) is 0 Å². The number of aliphatic hydroxyl groups is 1. The lowest BCUT2D eigenvalue weighted by molar-refractivity contribution is -0.0141. The zero-order valence-electron chi connectivity index (χ0n) is 16.2. The lowest BCUT2D eigenvalue weighted by Gasteiger charge is -2.29. The van der Waals surface area contributed by atoms with Crippen LogP contribution in [0.1, 0.15) is 13.3 Å². The number of hydrogen-bond donors (Lipinski definition) is 3. The molecule has 0 bridgehead atoms. The first-order chi connectivity index (χ1) is 13.8. The second-order valence-electron chi connectivity index (χ2n) is 7.43. The largest absolute Gasteiger partial charge is 0.489 e. The summed E-state index contributed by atoms with van der Waals surface area (Å²) in [5.41, 5.74) is -0.765. The number of rotatable bonds is 8. The van der Waals surface area contributed by atoms with Gasteiger partial charge in [-0.15, -0.1) is 0 Å². The second-order valence-corrected chi connectivity index (χ2v) is 7.87. The molecule has 8 heteroatoms. The maximum Gasteiger partial charge on any atom is 0.409 e. The Morgan fingerprint density at radius 2 is 2.00 bits per heavy atom. The third-order valence-corrected chi connectivity index (χ3v) is 4.83. The van der Waals surface area contributed by atoms with Crippen LogP contribution in [-0.2, 0) is 0 Å². The quantitative estimate of drug-likeness (QED) is 0.603. The molecule has 2 unspecified atom stereocenters. The average molecular weight is 421 g/mol. The minimum absolute atomic E-state index is 0.0323. The molecule has 0 spiro atoms. The van der Waals surface area contributed by atoms with Crippen LogP contribution in [0.25, 0.3) is 0 Å². The van der Waals surface area contributed by atoms with Crippen LogP contribution in [0.2, 0.25) is 5.02 Å². The van der Waals surface area contributed by atoms with Gasteiger partial charge in [-0.25, -0.2) is 4.79 Å². The van der Waals surface area contributed by atoms with Gasteiger partial charge in [0.25, 0.3) is 0 Å². The molecule has 3 N–H and O–H groups in total. The van der Waals surface area contributed by atoms with Gasteiger partial charge in [0.05, 0.1) is 5.69 Å². The molecule has 1 saturated heterocycles. The topological polar surface area (TPSA) is 91.3 Å². The standard InChI is InChI=1S/C21H25ClN2O5/c1-21(27,14-28-19-5-3-2-4-18(19)23-20(25)26)13-24-11-10-17(12-24)29-16-8-6-15(22)7-9-16/h2-9,17,23,27H,10-14H2,1H3,(H,25,26). The fourth-order valence-corrected chi connectivity index (χ4v) is 3.44. The number of hydrogen-bond acceptors (Lipinski definition) is 5. The summed E-state index contributed by atoms with van der Waals surface area (Å²) in [5.74, 6) is 1.15. The highest BCUT2D eigenvalue weighted by Gasteiger charge is 2.31. The third-order valence-electron chi connectivity index (χ3n) is 4.58. The summed E-state index contributed by atoms with van der Waals surface area (Å²) < 4.78 is 11.7. The molecular formula is C21H25ClN2O5. The van der Waals surface area contributed by atoms with E-state index >= 15 is 0 Å². The number of anilines is 1. The molecule has 3 rings (SSSR count). The molecule has 0 saturated carbocycles. The first-order valence-corrected chi connectivity index (χ1v) is 9.77. The molecule has 1 fully saturated rings. The van der Waals surface area contributed by atoms with Gasteiger partial charge in [0.1, 0.15) is 29.8 Å². The predicted molar refractivity (Wildman–Crippen MR) is 111 cm³/mol. The Bertz CT molecular complexity index is 828. The minimum atomic E-state index is -1.17. The number of benzene rings is 2. The number of ether oxygens (including phenoxy) is 2. The van der Waals surface area contributed by atoms with Crippen molar-refractivity contribution in [2.45, 2.75) is 25.0 Å². The van der Waals surface area contributed by atoms with Crippen LogP contribution in [0.15, 0.2) is 48.5 Å². The summed E-state index contributed by atoms with van der Waals surface area (Å²) in [6.45, 7) is 3.67. The third kappa shape index (κ3) is 6.52. The molecule has 2 atom stereocenters. The first kappa shape index (κ1) is 21.2. The Hall–Kier alpha value is -2.48. The van der Waals surface area contributed by atoms with Gasteiger partial charge in [-0.3, -0.25) is 10.2 Å². The lowest BCUT2D eigenvalue weighted by Crippen LogP contribution is -2.44. The summed E-state index contributed by atoms with van der Waals surface area (Å²) in [6.07, 6.45) is -0.254. The van der Waals surface area contributed by atoms with Crippen LogP contribution in [0.5, 0.6) is 11.5 Å². The second kappa shape index (κ2) is 9.35. The summed E-state index contributed by atoms with van der Waals surface area (Å²) in [6, 6.07) is 14.0. The average Bonchev–Trinajstić information content (AvgIpc) is 3.08. The molecule has 2 aromatic carbocycles. The summed E-state index contributed by atoms with van der Waals surface area (Å²) in [7, 11) is 0. The number of para-hydroxylation sites is 2. The van der Waals surface area contributed by atoms with E-state index in [0.717, 1.165) is 18.7 Å². The molecular weight excluding hydrogens is 396 g/mol. The number of halogens is 1. The van der Waals surface area contributed by atoms with Crippen molar-refractivity contribution in [2.24, 2.45) is 0 Å². The zero-order chi connectivity index (χ0) is 20.9. The van der Waals surface area contributed by atoms with Crippen molar-refractivity contribution >= 4 is 23.4 Å². The van der Waals surface area contributed by atoms with Crippen molar-refractivity contribution in [1.82, 2.24) is 4.90 Å². The summed E-state index contributed by atoms with van der Waals surface area (Å²) in [5, 5.41) is 22.6. The molecule has 2 aromatic rings. The van der Waals surface area contributed by atoms with Gasteiger partial charge in [0, 0.05) is 24.7 Å². The molecule has 0 aromatic heterocycles. The number of likely N-dealkylation sites (tertiary alicyclic amines) is 1. The number of nitrogens with zero attached hydrogens (tertiary/aromatic N) is 1. The van der Waals surface area contributed by atoms with Gasteiger partial charge >= 0.3 is 6.09 Å². The van der Waals surface area contributed by atoms with Gasteiger partial charge < -0.3 is 19.7 Å². The molecule has 7 nitrogen and oxygen atoms in total. The van der Waals surface area contributed by atoms with Gasteiger partial charge in [-0.1, -0.05) is 23.7 Å². The van der Waals surface area contributed by atoms with Crippen LogP contribution in [0, 0.1) is 0 Å². The number of carboxylic acid groups (broad SMARTS) is 1. The summed E-state index contributed by atoms with van der Waals surface area (Å²) in [4.78, 5) is 13.0. The molecule has 29 heavy (non-hydrogen) atoms. The van der Waals surface area contributed by atoms with E-state index in [1.807, 2.05) is 12.1 Å². The van der Waals surface area contributed by atoms with Crippen LogP contribution in [0.4, 0.5) is 10.5 Å². The van der Waals surface area contributed by atoms with Crippen molar-refractivity contribution in [3.63, 3.8) is 0 Å². The number of β-amino-alcohol motifs (C(OH)–C–C–N with tert-alkyl or cyclic N) is 1. The van der Waals surface area contributed by atoms with E-state index in [0.29, 0.717) is 29.5 Å². The number of carbonyl (C=O) groups is 1. The van der Waals surface area contributed by atoms with Crippen molar-refractivity contribution in [3.8, 4) is 11.5 Å². The zero-order valence-corrected chi connectivity index (χ0v) is 16.9. The normalized spacial score (nSPS) is 18.8. The maximum absolute atomic E-state index is 10.9. The molecule has 1 heterocycles. The molecule has 156 valence electrons. The molecule has 1 aliphatic heterocycles.